The second-order valence-electron chi connectivity index (χ2n) is 2.90. The Bertz CT molecular complexity index is 238. The van der Waals surface area contributed by atoms with Crippen molar-refractivity contribution in [1.29, 1.82) is 0 Å². The molecule has 4 nitrogen and oxygen atoms in total. The van der Waals surface area contributed by atoms with Gasteiger partial charge < -0.3 is 4.84 Å². The number of nitrogens with zero attached hydrogens (tertiary/aromatic N) is 1. The van der Waals surface area contributed by atoms with Crippen LogP contribution in [-0.2, 0) is 14.4 Å². The van der Waals surface area contributed by atoms with Crippen LogP contribution in [0.3, 0.4) is 0 Å². The van der Waals surface area contributed by atoms with E-state index in [0.717, 1.165) is 0 Å². The van der Waals surface area contributed by atoms with Gasteiger partial charge in [-0.25, -0.2) is 0 Å². The summed E-state index contributed by atoms with van der Waals surface area (Å²) in [5, 5.41) is 3.62. The van der Waals surface area contributed by atoms with E-state index in [0.29, 0.717) is 12.1 Å². The minimum absolute atomic E-state index is 0.0330. The zero-order chi connectivity index (χ0) is 11.0. The Balaban J connectivity index is 4.24. The molecule has 76 valence electrons. The highest BCUT2D eigenvalue weighted by Crippen LogP contribution is 1.99. The number of rotatable bonds is 7. The van der Waals surface area contributed by atoms with E-state index in [4.69, 9.17) is 7.85 Å². The average molecular weight is 195 g/mol. The molecule has 0 bridgehead atoms. The smallest absolute Gasteiger partial charge is 0.138 e. The molecule has 0 aliphatic rings. The zero-order valence-electron chi connectivity index (χ0n) is 8.58. The first kappa shape index (κ1) is 12.9. The quantitative estimate of drug-likeness (QED) is 0.343. The predicted octanol–water partition coefficient (Wildman–Crippen LogP) is 0.833. The van der Waals surface area contributed by atoms with Crippen LogP contribution in [0.25, 0.3) is 0 Å². The summed E-state index contributed by atoms with van der Waals surface area (Å²) in [6.07, 6.45) is 0.737. The first-order valence-corrected chi connectivity index (χ1v) is 4.49. The molecule has 0 rings (SSSR count). The van der Waals surface area contributed by atoms with Crippen molar-refractivity contribution in [3.05, 3.63) is 0 Å². The third kappa shape index (κ3) is 6.40. The number of carbonyl (C=O) groups is 2. The van der Waals surface area contributed by atoms with Gasteiger partial charge in [0.15, 0.2) is 0 Å². The molecule has 0 unspecified atom stereocenters. The van der Waals surface area contributed by atoms with Crippen molar-refractivity contribution in [2.45, 2.75) is 33.1 Å². The molecule has 0 aromatic carbocycles. The number of ketones is 2. The van der Waals surface area contributed by atoms with Gasteiger partial charge in [0.25, 0.3) is 0 Å². The zero-order valence-corrected chi connectivity index (χ0v) is 8.58. The molecular formula is C9H14BNO3. The van der Waals surface area contributed by atoms with Gasteiger partial charge in [0, 0.05) is 19.3 Å². The minimum Gasteiger partial charge on any atom is -0.406 e. The summed E-state index contributed by atoms with van der Waals surface area (Å²) in [7, 11) is 5.07. The maximum atomic E-state index is 11.1. The molecule has 0 aliphatic heterocycles. The van der Waals surface area contributed by atoms with E-state index in [9.17, 15) is 9.59 Å². The van der Waals surface area contributed by atoms with Crippen molar-refractivity contribution >= 4 is 25.1 Å². The lowest BCUT2D eigenvalue weighted by Crippen LogP contribution is -2.11. The molecule has 14 heavy (non-hydrogen) atoms. The van der Waals surface area contributed by atoms with E-state index in [1.54, 1.807) is 6.92 Å². The van der Waals surface area contributed by atoms with Crippen LogP contribution in [0, 0.1) is 0 Å². The second-order valence-corrected chi connectivity index (χ2v) is 2.90. The van der Waals surface area contributed by atoms with Gasteiger partial charge in [-0.2, -0.15) is 0 Å². The lowest BCUT2D eigenvalue weighted by atomic mass is 10.1. The van der Waals surface area contributed by atoms with Crippen molar-refractivity contribution in [2.24, 2.45) is 5.16 Å². The van der Waals surface area contributed by atoms with Crippen molar-refractivity contribution in [3.63, 3.8) is 0 Å². The molecule has 0 fully saturated rings. The van der Waals surface area contributed by atoms with Crippen LogP contribution in [0.4, 0.5) is 0 Å². The van der Waals surface area contributed by atoms with Crippen molar-refractivity contribution < 1.29 is 14.4 Å². The fraction of sp³-hybridized carbons (Fsp3) is 0.667. The van der Waals surface area contributed by atoms with E-state index in [1.165, 1.54) is 6.92 Å². The molecule has 0 spiro atoms. The number of hydrogen-bond donors (Lipinski definition) is 0. The largest absolute Gasteiger partial charge is 0.406 e. The molecule has 0 aliphatic carbocycles. The number of oxime groups is 1. The Kier molecular flexibility index (Phi) is 6.71. The molecule has 2 radical (unpaired) electrons. The van der Waals surface area contributed by atoms with Gasteiger partial charge in [-0.05, 0) is 6.92 Å². The summed E-state index contributed by atoms with van der Waals surface area (Å²) < 4.78 is 0. The molecule has 0 aromatic rings. The fourth-order valence-corrected chi connectivity index (χ4v) is 0.896. The van der Waals surface area contributed by atoms with Gasteiger partial charge >= 0.3 is 0 Å². The summed E-state index contributed by atoms with van der Waals surface area (Å²) in [5.74, 6) is -0.0149. The Morgan fingerprint density at radius 1 is 1.36 bits per heavy atom. The highest BCUT2D eigenvalue weighted by Gasteiger charge is 2.09. The van der Waals surface area contributed by atoms with E-state index in [1.807, 2.05) is 0 Å². The van der Waals surface area contributed by atoms with Gasteiger partial charge in [0.1, 0.15) is 19.4 Å². The Labute approximate surface area is 85.1 Å². The molecule has 0 aromatic heterocycles. The summed E-state index contributed by atoms with van der Waals surface area (Å²) in [6, 6.07) is 0. The maximum absolute atomic E-state index is 11.1. The van der Waals surface area contributed by atoms with E-state index < -0.39 is 0 Å². The van der Waals surface area contributed by atoms with Crippen LogP contribution < -0.4 is 0 Å². The number of Topliss-reactive ketones (excluding diaryl/α,β-unsaturated/α-hetero) is 2. The van der Waals surface area contributed by atoms with Gasteiger partial charge in [0.2, 0.25) is 0 Å². The SMILES string of the molecule is [B]CO/N=C(/CC(C)=O)CC(=O)CC. The normalized spacial score (nSPS) is 11.1. The van der Waals surface area contributed by atoms with Crippen molar-refractivity contribution in [2.75, 3.05) is 6.51 Å². The lowest BCUT2D eigenvalue weighted by Gasteiger charge is -2.02. The summed E-state index contributed by atoms with van der Waals surface area (Å²) in [5.41, 5.74) is 0.440. The number of hydrogen-bond acceptors (Lipinski definition) is 4. The Morgan fingerprint density at radius 3 is 2.43 bits per heavy atom. The fourth-order valence-electron chi connectivity index (χ4n) is 0.896. The molecule has 0 saturated heterocycles. The first-order chi connectivity index (χ1) is 6.60. The monoisotopic (exact) mass is 195 g/mol. The maximum Gasteiger partial charge on any atom is 0.138 e. The Hall–Kier alpha value is -1.13. The standard InChI is InChI=1S/C9H14BNO3/c1-3-9(13)5-8(4-7(2)12)11-14-6-10/h3-6H2,1-2H3/b11-8-. The molecule has 0 saturated carbocycles. The lowest BCUT2D eigenvalue weighted by molar-refractivity contribution is -0.117. The average Bonchev–Trinajstić information content (AvgIpc) is 2.13. The van der Waals surface area contributed by atoms with Crippen molar-refractivity contribution in [1.82, 2.24) is 0 Å². The molecule has 0 amide bonds. The summed E-state index contributed by atoms with van der Waals surface area (Å²) in [6.45, 7) is 3.15. The van der Waals surface area contributed by atoms with Gasteiger partial charge in [-0.3, -0.25) is 9.59 Å². The van der Waals surface area contributed by atoms with Gasteiger partial charge in [-0.15, -0.1) is 0 Å². The molecule has 0 heterocycles. The second kappa shape index (κ2) is 7.29. The van der Waals surface area contributed by atoms with Crippen molar-refractivity contribution in [3.8, 4) is 0 Å². The van der Waals surface area contributed by atoms with Gasteiger partial charge in [-0.1, -0.05) is 12.1 Å². The third-order valence-electron chi connectivity index (χ3n) is 1.52. The molecule has 0 N–H and O–H groups in total. The van der Waals surface area contributed by atoms with E-state index in [2.05, 4.69) is 9.99 Å². The van der Waals surface area contributed by atoms with Crippen LogP contribution in [0.5, 0.6) is 0 Å². The molecule has 5 heteroatoms. The highest BCUT2D eigenvalue weighted by atomic mass is 16.6. The minimum atomic E-state index is -0.0538. The molecular weight excluding hydrogens is 181 g/mol. The topological polar surface area (TPSA) is 55.7 Å². The van der Waals surface area contributed by atoms with Crippen LogP contribution in [-0.4, -0.2) is 31.6 Å². The predicted molar refractivity (Wildman–Crippen MR) is 54.4 cm³/mol. The summed E-state index contributed by atoms with van der Waals surface area (Å²) >= 11 is 0. The molecule has 0 atom stereocenters. The summed E-state index contributed by atoms with van der Waals surface area (Å²) in [4.78, 5) is 26.5. The van der Waals surface area contributed by atoms with E-state index in [-0.39, 0.29) is 30.9 Å². The van der Waals surface area contributed by atoms with Crippen LogP contribution >= 0.6 is 0 Å². The van der Waals surface area contributed by atoms with Crippen LogP contribution in [0.2, 0.25) is 0 Å². The van der Waals surface area contributed by atoms with Gasteiger partial charge in [0.05, 0.1) is 12.2 Å². The number of carbonyl (C=O) groups excluding carboxylic acids is 2. The Morgan fingerprint density at radius 2 is 2.00 bits per heavy atom. The first-order valence-electron chi connectivity index (χ1n) is 4.49. The van der Waals surface area contributed by atoms with E-state index >= 15 is 0 Å². The van der Waals surface area contributed by atoms with Crippen LogP contribution in [0.15, 0.2) is 5.16 Å². The highest BCUT2D eigenvalue weighted by molar-refractivity contribution is 6.09. The third-order valence-corrected chi connectivity index (χ3v) is 1.52. The van der Waals surface area contributed by atoms with Crippen LogP contribution in [0.1, 0.15) is 33.1 Å².